The number of anilines is 2. The fraction of sp³-hybridized carbons (Fsp3) is 0.222. The zero-order chi connectivity index (χ0) is 22.9. The fourth-order valence-electron chi connectivity index (χ4n) is 4.46. The summed E-state index contributed by atoms with van der Waals surface area (Å²) in [5.74, 6) is 0.746. The van der Waals surface area contributed by atoms with Crippen molar-refractivity contribution >= 4 is 34.2 Å². The number of imidazole rings is 1. The molecule has 6 heteroatoms. The zero-order valence-corrected chi connectivity index (χ0v) is 18.8. The first-order chi connectivity index (χ1) is 16.0. The molecule has 3 aromatic carbocycles. The van der Waals surface area contributed by atoms with E-state index in [4.69, 9.17) is 4.98 Å². The number of carbonyl (C=O) groups excluding carboxylic acids is 2. The molecule has 4 aromatic rings. The molecule has 6 nitrogen and oxygen atoms in total. The summed E-state index contributed by atoms with van der Waals surface area (Å²) in [6, 6.07) is 25.4. The maximum atomic E-state index is 13.2. The summed E-state index contributed by atoms with van der Waals surface area (Å²) in [7, 11) is 1.79. The molecule has 5 rings (SSSR count). The van der Waals surface area contributed by atoms with Crippen molar-refractivity contribution < 1.29 is 9.59 Å². The summed E-state index contributed by atoms with van der Waals surface area (Å²) >= 11 is 0. The van der Waals surface area contributed by atoms with Crippen LogP contribution in [-0.4, -0.2) is 35.0 Å². The van der Waals surface area contributed by atoms with Crippen LogP contribution in [0.3, 0.4) is 0 Å². The lowest BCUT2D eigenvalue weighted by Gasteiger charge is -2.20. The average Bonchev–Trinajstić information content (AvgIpc) is 3.40. The molecule has 1 atom stereocenters. The quantitative estimate of drug-likeness (QED) is 0.460. The van der Waals surface area contributed by atoms with Crippen molar-refractivity contribution in [1.29, 1.82) is 0 Å². The van der Waals surface area contributed by atoms with Gasteiger partial charge < -0.3 is 14.4 Å². The number of aromatic nitrogens is 2. The van der Waals surface area contributed by atoms with E-state index in [-0.39, 0.29) is 24.3 Å². The Morgan fingerprint density at radius 1 is 1.00 bits per heavy atom. The molecule has 166 valence electrons. The van der Waals surface area contributed by atoms with Gasteiger partial charge in [0.15, 0.2) is 0 Å². The van der Waals surface area contributed by atoms with Crippen LogP contribution in [0.25, 0.3) is 11.0 Å². The number of carbonyl (C=O) groups is 2. The minimum absolute atomic E-state index is 0.0367. The average molecular weight is 439 g/mol. The largest absolute Gasteiger partial charge is 0.318 e. The number of benzene rings is 3. The van der Waals surface area contributed by atoms with E-state index in [0.717, 1.165) is 33.8 Å². The maximum Gasteiger partial charge on any atom is 0.246 e. The summed E-state index contributed by atoms with van der Waals surface area (Å²) in [6.07, 6.45) is 0.375. The maximum absolute atomic E-state index is 13.2. The van der Waals surface area contributed by atoms with Crippen molar-refractivity contribution in [3.63, 3.8) is 0 Å². The Kier molecular flexibility index (Phi) is 5.42. The minimum atomic E-state index is -0.0824. The predicted octanol–water partition coefficient (Wildman–Crippen LogP) is 4.53. The topological polar surface area (TPSA) is 58.4 Å². The van der Waals surface area contributed by atoms with Gasteiger partial charge in [0.25, 0.3) is 0 Å². The molecule has 1 fully saturated rings. The Labute approximate surface area is 193 Å². The van der Waals surface area contributed by atoms with Gasteiger partial charge in [0.2, 0.25) is 11.8 Å². The van der Waals surface area contributed by atoms with Gasteiger partial charge in [-0.3, -0.25) is 9.59 Å². The highest BCUT2D eigenvalue weighted by molar-refractivity contribution is 5.97. The molecule has 0 saturated carbocycles. The molecule has 1 unspecified atom stereocenters. The highest BCUT2D eigenvalue weighted by atomic mass is 16.2. The normalized spacial score (nSPS) is 15.9. The van der Waals surface area contributed by atoms with E-state index in [9.17, 15) is 9.59 Å². The fourth-order valence-corrected chi connectivity index (χ4v) is 4.46. The molecule has 0 spiro atoms. The molecule has 1 saturated heterocycles. The molecule has 1 aliphatic rings. The number of para-hydroxylation sites is 3. The van der Waals surface area contributed by atoms with E-state index < -0.39 is 0 Å². The molecule has 33 heavy (non-hydrogen) atoms. The predicted molar refractivity (Wildman–Crippen MR) is 130 cm³/mol. The lowest BCUT2D eigenvalue weighted by molar-refractivity contribution is -0.119. The van der Waals surface area contributed by atoms with E-state index in [1.54, 1.807) is 11.9 Å². The van der Waals surface area contributed by atoms with Gasteiger partial charge in [-0.05, 0) is 43.3 Å². The van der Waals surface area contributed by atoms with Crippen molar-refractivity contribution in [2.24, 2.45) is 0 Å². The third kappa shape index (κ3) is 4.00. The van der Waals surface area contributed by atoms with Crippen LogP contribution >= 0.6 is 0 Å². The van der Waals surface area contributed by atoms with Crippen LogP contribution in [0.2, 0.25) is 0 Å². The van der Waals surface area contributed by atoms with E-state index in [0.29, 0.717) is 13.0 Å². The Bertz CT molecular complexity index is 1310. The van der Waals surface area contributed by atoms with Gasteiger partial charge in [0.1, 0.15) is 12.4 Å². The lowest BCUT2D eigenvalue weighted by Crippen LogP contribution is -2.31. The van der Waals surface area contributed by atoms with Crippen LogP contribution in [0.1, 0.15) is 23.7 Å². The lowest BCUT2D eigenvalue weighted by atomic mass is 10.1. The van der Waals surface area contributed by atoms with Crippen molar-refractivity contribution in [1.82, 2.24) is 9.55 Å². The molecule has 1 aromatic heterocycles. The Morgan fingerprint density at radius 2 is 1.70 bits per heavy atom. The van der Waals surface area contributed by atoms with E-state index >= 15 is 0 Å². The number of hydrogen-bond donors (Lipinski definition) is 0. The second-order valence-electron chi connectivity index (χ2n) is 8.57. The standard InChI is InChI=1S/C27H26N4O2/c1-19-12-14-22(15-13-19)30-17-20(16-25(30)32)27-28-23-10-6-7-11-24(23)31(27)18-26(33)29(2)21-8-4-3-5-9-21/h3-15,20H,16-18H2,1-2H3. The molecule has 2 amide bonds. The second-order valence-corrected chi connectivity index (χ2v) is 8.57. The number of rotatable bonds is 5. The van der Waals surface area contributed by atoms with Gasteiger partial charge in [-0.25, -0.2) is 4.98 Å². The number of fused-ring (bicyclic) bond motifs is 1. The summed E-state index contributed by atoms with van der Waals surface area (Å²) in [5, 5.41) is 0. The van der Waals surface area contributed by atoms with E-state index in [1.165, 1.54) is 0 Å². The van der Waals surface area contributed by atoms with Crippen molar-refractivity contribution in [3.8, 4) is 0 Å². The zero-order valence-electron chi connectivity index (χ0n) is 18.8. The third-order valence-corrected chi connectivity index (χ3v) is 6.33. The van der Waals surface area contributed by atoms with Crippen molar-refractivity contribution in [3.05, 3.63) is 90.3 Å². The molecular weight excluding hydrogens is 412 g/mol. The molecule has 0 radical (unpaired) electrons. The molecule has 2 heterocycles. The van der Waals surface area contributed by atoms with Crippen LogP contribution in [-0.2, 0) is 16.1 Å². The van der Waals surface area contributed by atoms with Gasteiger partial charge in [-0.15, -0.1) is 0 Å². The number of likely N-dealkylation sites (N-methyl/N-ethyl adjacent to an activating group) is 1. The van der Waals surface area contributed by atoms with E-state index in [1.807, 2.05) is 95.3 Å². The van der Waals surface area contributed by atoms with Crippen LogP contribution in [0, 0.1) is 6.92 Å². The number of hydrogen-bond acceptors (Lipinski definition) is 3. The Morgan fingerprint density at radius 3 is 2.45 bits per heavy atom. The number of amides is 2. The SMILES string of the molecule is Cc1ccc(N2CC(c3nc4ccccc4n3CC(=O)N(C)c3ccccc3)CC2=O)cc1. The summed E-state index contributed by atoms with van der Waals surface area (Å²) in [4.78, 5) is 34.5. The van der Waals surface area contributed by atoms with Gasteiger partial charge in [-0.2, -0.15) is 0 Å². The highest BCUT2D eigenvalue weighted by Gasteiger charge is 2.35. The second kappa shape index (κ2) is 8.54. The van der Waals surface area contributed by atoms with Crippen LogP contribution in [0.15, 0.2) is 78.9 Å². The molecule has 0 N–H and O–H groups in total. The van der Waals surface area contributed by atoms with Gasteiger partial charge in [0.05, 0.1) is 11.0 Å². The summed E-state index contributed by atoms with van der Waals surface area (Å²) in [5.41, 5.74) is 4.64. The molecule has 0 bridgehead atoms. The Hall–Kier alpha value is -3.93. The van der Waals surface area contributed by atoms with Crippen molar-refractivity contribution in [2.75, 3.05) is 23.4 Å². The van der Waals surface area contributed by atoms with Crippen molar-refractivity contribution in [2.45, 2.75) is 25.8 Å². The first kappa shape index (κ1) is 20.9. The van der Waals surface area contributed by atoms with Crippen LogP contribution in [0.4, 0.5) is 11.4 Å². The summed E-state index contributed by atoms with van der Waals surface area (Å²) in [6.45, 7) is 2.74. The molecular formula is C27H26N4O2. The van der Waals surface area contributed by atoms with Gasteiger partial charge in [0, 0.05) is 37.3 Å². The molecule has 1 aliphatic heterocycles. The van der Waals surface area contributed by atoms with Crippen LogP contribution < -0.4 is 9.80 Å². The highest BCUT2D eigenvalue weighted by Crippen LogP contribution is 2.33. The summed E-state index contributed by atoms with van der Waals surface area (Å²) < 4.78 is 1.98. The van der Waals surface area contributed by atoms with Crippen LogP contribution in [0.5, 0.6) is 0 Å². The third-order valence-electron chi connectivity index (χ3n) is 6.33. The first-order valence-corrected chi connectivity index (χ1v) is 11.1. The van der Waals surface area contributed by atoms with Gasteiger partial charge >= 0.3 is 0 Å². The Balaban J connectivity index is 1.46. The van der Waals surface area contributed by atoms with E-state index in [2.05, 4.69) is 0 Å². The molecule has 0 aliphatic carbocycles. The monoisotopic (exact) mass is 438 g/mol. The number of aryl methyl sites for hydroxylation is 1. The minimum Gasteiger partial charge on any atom is -0.318 e. The first-order valence-electron chi connectivity index (χ1n) is 11.1. The van der Waals surface area contributed by atoms with Gasteiger partial charge in [-0.1, -0.05) is 48.0 Å². The number of nitrogens with zero attached hydrogens (tertiary/aromatic N) is 4. The smallest absolute Gasteiger partial charge is 0.246 e.